The maximum Gasteiger partial charge on any atom is 0.243 e. The Morgan fingerprint density at radius 1 is 1.12 bits per heavy atom. The van der Waals surface area contributed by atoms with Gasteiger partial charge in [0.2, 0.25) is 11.8 Å². The van der Waals surface area contributed by atoms with E-state index in [4.69, 9.17) is 9.47 Å². The minimum atomic E-state index is -0.911. The number of nitrogens with zero attached hydrogens (tertiary/aromatic N) is 1. The van der Waals surface area contributed by atoms with Gasteiger partial charge in [-0.2, -0.15) is 0 Å². The lowest BCUT2D eigenvalue weighted by molar-refractivity contribution is -0.135. The highest BCUT2D eigenvalue weighted by atomic mass is 32.1. The highest BCUT2D eigenvalue weighted by Gasteiger charge is 2.50. The predicted molar refractivity (Wildman–Crippen MR) is 151 cm³/mol. The van der Waals surface area contributed by atoms with E-state index in [9.17, 15) is 19.2 Å². The second kappa shape index (κ2) is 13.1. The van der Waals surface area contributed by atoms with Crippen molar-refractivity contribution in [1.29, 1.82) is 0 Å². The Morgan fingerprint density at radius 3 is 2.40 bits per heavy atom. The number of aryl methyl sites for hydroxylation is 1. The van der Waals surface area contributed by atoms with Crippen molar-refractivity contribution in [1.82, 2.24) is 15.6 Å². The van der Waals surface area contributed by atoms with Crippen molar-refractivity contribution in [3.63, 3.8) is 0 Å². The van der Waals surface area contributed by atoms with Crippen LogP contribution in [0.3, 0.4) is 0 Å². The van der Waals surface area contributed by atoms with Crippen LogP contribution >= 0.6 is 11.3 Å². The number of rotatable bonds is 15. The van der Waals surface area contributed by atoms with Crippen LogP contribution in [0.15, 0.2) is 36.5 Å². The molecule has 40 heavy (non-hydrogen) atoms. The SMILES string of the molecule is COC1CC[C@@H]1CC(NC(=O)C(C)CC(=O)Cc1cnc(C)s1)C(=O)NC(Cc1ccccc1)C(=O)[C@@]1(C)CO1. The molecule has 4 unspecified atom stereocenters. The normalized spacial score (nSPS) is 23.8. The molecule has 10 heteroatoms. The zero-order valence-corrected chi connectivity index (χ0v) is 24.4. The van der Waals surface area contributed by atoms with E-state index in [0.717, 1.165) is 28.3 Å². The number of carbonyl (C=O) groups is 4. The van der Waals surface area contributed by atoms with Gasteiger partial charge in [-0.1, -0.05) is 37.3 Å². The van der Waals surface area contributed by atoms with Crippen molar-refractivity contribution >= 4 is 34.7 Å². The lowest BCUT2D eigenvalue weighted by Gasteiger charge is -2.37. The van der Waals surface area contributed by atoms with Gasteiger partial charge in [-0.05, 0) is 51.0 Å². The molecule has 2 N–H and O–H groups in total. The Morgan fingerprint density at radius 2 is 1.82 bits per heavy atom. The highest BCUT2D eigenvalue weighted by Crippen LogP contribution is 2.34. The van der Waals surface area contributed by atoms with E-state index in [2.05, 4.69) is 15.6 Å². The van der Waals surface area contributed by atoms with Crippen LogP contribution in [-0.2, 0) is 41.5 Å². The fraction of sp³-hybridized carbons (Fsp3) is 0.567. The number of hydrogen-bond acceptors (Lipinski definition) is 8. The molecule has 0 spiro atoms. The molecule has 2 aromatic rings. The fourth-order valence-electron chi connectivity index (χ4n) is 5.10. The number of thiazole rings is 1. The maximum atomic E-state index is 13.7. The number of Topliss-reactive ketones (excluding diaryl/α,β-unsaturated/α-hetero) is 2. The van der Waals surface area contributed by atoms with Crippen LogP contribution < -0.4 is 10.6 Å². The Bertz CT molecular complexity index is 1210. The maximum absolute atomic E-state index is 13.7. The summed E-state index contributed by atoms with van der Waals surface area (Å²) in [6.45, 7) is 5.61. The first-order chi connectivity index (χ1) is 19.1. The third-order valence-corrected chi connectivity index (χ3v) is 8.77. The van der Waals surface area contributed by atoms with Crippen LogP contribution in [0.25, 0.3) is 0 Å². The molecule has 1 aromatic heterocycles. The molecule has 1 aliphatic heterocycles. The van der Waals surface area contributed by atoms with Crippen molar-refractivity contribution in [3.05, 3.63) is 52.0 Å². The molecule has 2 fully saturated rings. The van der Waals surface area contributed by atoms with Gasteiger partial charge in [0, 0.05) is 36.9 Å². The fourth-order valence-corrected chi connectivity index (χ4v) is 5.93. The van der Waals surface area contributed by atoms with Gasteiger partial charge >= 0.3 is 0 Å². The van der Waals surface area contributed by atoms with Crippen LogP contribution in [0.1, 0.15) is 55.0 Å². The van der Waals surface area contributed by atoms with Crippen molar-refractivity contribution < 1.29 is 28.7 Å². The standard InChI is InChI=1S/C30H39N3O6S/c1-18(12-22(34)15-23-16-31-19(2)40-23)28(36)33-25(14-21-10-11-26(21)38-4)29(37)32-24(27(35)30(3)17-39-30)13-20-8-6-5-7-9-20/h5-9,16,18,21,24-26H,10-15,17H2,1-4H3,(H,32,37)(H,33,36)/t18?,21-,24?,25?,26?,30-/m1/s1. The van der Waals surface area contributed by atoms with E-state index < -0.39 is 29.5 Å². The van der Waals surface area contributed by atoms with Crippen LogP contribution in [0.5, 0.6) is 0 Å². The summed E-state index contributed by atoms with van der Waals surface area (Å²) < 4.78 is 10.9. The molecule has 216 valence electrons. The summed E-state index contributed by atoms with van der Waals surface area (Å²) in [5, 5.41) is 6.70. The van der Waals surface area contributed by atoms with E-state index in [1.54, 1.807) is 27.2 Å². The van der Waals surface area contributed by atoms with Crippen LogP contribution in [0.2, 0.25) is 0 Å². The lowest BCUT2D eigenvalue weighted by Crippen LogP contribution is -2.56. The topological polar surface area (TPSA) is 127 Å². The molecule has 1 aromatic carbocycles. The number of ketones is 2. The third-order valence-electron chi connectivity index (χ3n) is 7.86. The second-order valence-electron chi connectivity index (χ2n) is 11.2. The first-order valence-electron chi connectivity index (χ1n) is 13.9. The van der Waals surface area contributed by atoms with Crippen molar-refractivity contribution in [2.45, 2.75) is 83.1 Å². The van der Waals surface area contributed by atoms with Crippen LogP contribution in [-0.4, -0.2) is 65.9 Å². The van der Waals surface area contributed by atoms with E-state index >= 15 is 0 Å². The van der Waals surface area contributed by atoms with Gasteiger partial charge in [0.15, 0.2) is 5.78 Å². The molecule has 6 atom stereocenters. The average Bonchev–Trinajstić information content (AvgIpc) is 3.54. The van der Waals surface area contributed by atoms with E-state index in [0.29, 0.717) is 19.4 Å². The zero-order valence-electron chi connectivity index (χ0n) is 23.6. The monoisotopic (exact) mass is 569 g/mol. The van der Waals surface area contributed by atoms with Gasteiger partial charge in [0.05, 0.1) is 23.8 Å². The largest absolute Gasteiger partial charge is 0.381 e. The average molecular weight is 570 g/mol. The molecule has 2 aliphatic rings. The predicted octanol–water partition coefficient (Wildman–Crippen LogP) is 2.97. The third kappa shape index (κ3) is 7.83. The number of hydrogen-bond donors (Lipinski definition) is 2. The van der Waals surface area contributed by atoms with Gasteiger partial charge in [-0.3, -0.25) is 19.2 Å². The van der Waals surface area contributed by atoms with Gasteiger partial charge in [-0.15, -0.1) is 11.3 Å². The van der Waals surface area contributed by atoms with Crippen LogP contribution in [0.4, 0.5) is 0 Å². The number of nitrogens with one attached hydrogen (secondary N) is 2. The highest BCUT2D eigenvalue weighted by molar-refractivity contribution is 7.11. The number of amides is 2. The number of aromatic nitrogens is 1. The molecule has 4 rings (SSSR count). The number of ether oxygens (including phenoxy) is 2. The molecule has 1 saturated carbocycles. The van der Waals surface area contributed by atoms with Crippen molar-refractivity contribution in [3.8, 4) is 0 Å². The second-order valence-corrected chi connectivity index (χ2v) is 12.5. The molecule has 2 heterocycles. The first kappa shape index (κ1) is 30.0. The van der Waals surface area contributed by atoms with Gasteiger partial charge < -0.3 is 20.1 Å². The number of benzene rings is 1. The van der Waals surface area contributed by atoms with Crippen molar-refractivity contribution in [2.75, 3.05) is 13.7 Å². The summed E-state index contributed by atoms with van der Waals surface area (Å²) in [4.78, 5) is 57.8. The molecule has 1 aliphatic carbocycles. The Hall–Kier alpha value is -2.95. The summed E-state index contributed by atoms with van der Waals surface area (Å²) in [6.07, 6.45) is 4.49. The molecule has 0 bridgehead atoms. The zero-order chi connectivity index (χ0) is 28.9. The molecule has 0 radical (unpaired) electrons. The van der Waals surface area contributed by atoms with E-state index in [1.165, 1.54) is 11.3 Å². The number of carbonyl (C=O) groups excluding carboxylic acids is 4. The quantitative estimate of drug-likeness (QED) is 0.316. The minimum Gasteiger partial charge on any atom is -0.381 e. The lowest BCUT2D eigenvalue weighted by atomic mass is 9.77. The summed E-state index contributed by atoms with van der Waals surface area (Å²) in [7, 11) is 1.65. The summed E-state index contributed by atoms with van der Waals surface area (Å²) in [5.74, 6) is -1.54. The van der Waals surface area contributed by atoms with E-state index in [1.807, 2.05) is 37.3 Å². The van der Waals surface area contributed by atoms with Crippen molar-refractivity contribution in [2.24, 2.45) is 11.8 Å². The Balaban J connectivity index is 1.43. The summed E-state index contributed by atoms with van der Waals surface area (Å²) in [6, 6.07) is 7.82. The smallest absolute Gasteiger partial charge is 0.243 e. The minimum absolute atomic E-state index is 0.0228. The molecule has 1 saturated heterocycles. The first-order valence-corrected chi connectivity index (χ1v) is 14.7. The Labute approximate surface area is 239 Å². The van der Waals surface area contributed by atoms with Gasteiger partial charge in [0.1, 0.15) is 17.4 Å². The number of epoxide rings is 1. The van der Waals surface area contributed by atoms with Gasteiger partial charge in [-0.25, -0.2) is 4.98 Å². The molecular weight excluding hydrogens is 530 g/mol. The number of methoxy groups -OCH3 is 1. The van der Waals surface area contributed by atoms with E-state index in [-0.39, 0.29) is 42.3 Å². The summed E-state index contributed by atoms with van der Waals surface area (Å²) in [5.41, 5.74) is -0.000723. The van der Waals surface area contributed by atoms with Crippen LogP contribution in [0, 0.1) is 18.8 Å². The molecular formula is C30H39N3O6S. The molecule has 9 nitrogen and oxygen atoms in total. The molecule has 2 amide bonds. The summed E-state index contributed by atoms with van der Waals surface area (Å²) >= 11 is 1.46. The Kier molecular flexibility index (Phi) is 9.86. The van der Waals surface area contributed by atoms with Gasteiger partial charge in [0.25, 0.3) is 0 Å².